The minimum atomic E-state index is -0.467. The van der Waals surface area contributed by atoms with Gasteiger partial charge in [0.25, 0.3) is 5.91 Å². The van der Waals surface area contributed by atoms with Crippen molar-refractivity contribution < 1.29 is 9.90 Å². The van der Waals surface area contributed by atoms with Crippen LogP contribution in [0, 0.1) is 6.92 Å². The zero-order valence-corrected chi connectivity index (χ0v) is 17.6. The molecule has 2 aromatic heterocycles. The van der Waals surface area contributed by atoms with E-state index in [-0.39, 0.29) is 5.57 Å². The lowest BCUT2D eigenvalue weighted by Crippen LogP contribution is -2.29. The number of hydrogen-bond acceptors (Lipinski definition) is 5. The average Bonchev–Trinajstić information content (AvgIpc) is 3.05. The number of nitrogens with zero attached hydrogens (tertiary/aromatic N) is 3. The third kappa shape index (κ3) is 4.64. The maximum atomic E-state index is 13.1. The minimum Gasteiger partial charge on any atom is -0.515 e. The van der Waals surface area contributed by atoms with Crippen LogP contribution in [-0.2, 0) is 6.54 Å². The fraction of sp³-hybridized carbons (Fsp3) is 0.105. The van der Waals surface area contributed by atoms with E-state index in [9.17, 15) is 9.90 Å². The second-order valence-electron chi connectivity index (χ2n) is 5.79. The number of benzene rings is 1. The molecule has 28 heavy (non-hydrogen) atoms. The topological polar surface area (TPSA) is 67.5 Å². The number of rotatable bonds is 4. The van der Waals surface area contributed by atoms with Gasteiger partial charge in [-0.2, -0.15) is 0 Å². The van der Waals surface area contributed by atoms with E-state index in [0.717, 1.165) is 16.7 Å². The number of pyridine rings is 1. The normalized spacial score (nSPS) is 12.4. The molecule has 0 amide bonds. The zero-order chi connectivity index (χ0) is 20.3. The predicted molar refractivity (Wildman–Crippen MR) is 113 cm³/mol. The van der Waals surface area contributed by atoms with Crippen molar-refractivity contribution in [2.75, 3.05) is 0 Å². The summed E-state index contributed by atoms with van der Waals surface area (Å²) in [5.74, 6) is -0.467. The number of aliphatic hydroxyl groups is 1. The van der Waals surface area contributed by atoms with Crippen LogP contribution in [0.15, 0.2) is 54.0 Å². The number of aryl methyl sites for hydroxylation is 1. The second-order valence-corrected chi connectivity index (χ2v) is 8.36. The summed E-state index contributed by atoms with van der Waals surface area (Å²) in [4.78, 5) is 22.6. The number of carbonyl (C=O) groups is 1. The first kappa shape index (κ1) is 20.6. The van der Waals surface area contributed by atoms with Crippen LogP contribution in [0.2, 0.25) is 14.5 Å². The lowest BCUT2D eigenvalue weighted by molar-refractivity contribution is 0.0972. The molecule has 0 atom stereocenters. The molecule has 0 aliphatic carbocycles. The summed E-state index contributed by atoms with van der Waals surface area (Å²) in [6, 6.07) is 8.24. The lowest BCUT2D eigenvalue weighted by atomic mass is 10.1. The van der Waals surface area contributed by atoms with Gasteiger partial charge in [-0.25, -0.2) is 4.98 Å². The Morgan fingerprint density at radius 3 is 2.61 bits per heavy atom. The maximum absolute atomic E-state index is 13.1. The highest BCUT2D eigenvalue weighted by atomic mass is 35.5. The highest BCUT2D eigenvalue weighted by molar-refractivity contribution is 7.15. The molecule has 0 radical (unpaired) electrons. The van der Waals surface area contributed by atoms with Crippen LogP contribution in [0.1, 0.15) is 20.8 Å². The zero-order valence-electron chi connectivity index (χ0n) is 14.6. The van der Waals surface area contributed by atoms with E-state index in [1.165, 1.54) is 15.9 Å². The van der Waals surface area contributed by atoms with Crippen molar-refractivity contribution in [2.24, 2.45) is 4.99 Å². The Hall–Kier alpha value is -2.12. The van der Waals surface area contributed by atoms with Gasteiger partial charge in [-0.05, 0) is 42.3 Å². The van der Waals surface area contributed by atoms with Crippen LogP contribution in [0.3, 0.4) is 0 Å². The SMILES string of the molecule is Cc1cccn(C(=O)/C(=C/O)c2cc(Cl)cc(Cl)c2)/c1=N/Cc1cnc(Cl)s1. The predicted octanol–water partition coefficient (Wildman–Crippen LogP) is 5.55. The first-order valence-electron chi connectivity index (χ1n) is 8.03. The molecule has 1 aromatic carbocycles. The van der Waals surface area contributed by atoms with E-state index >= 15 is 0 Å². The standard InChI is InChI=1S/C19H14Cl3N3O2S/c1-11-3-2-4-25(17(11)23-8-15-9-24-19(22)28-15)18(27)16(10-26)12-5-13(20)7-14(21)6-12/h2-7,9-10,26H,8H2,1H3/b16-10+,23-17+. The molecule has 9 heteroatoms. The molecular formula is C19H14Cl3N3O2S. The number of halogens is 3. The third-order valence-corrected chi connectivity index (χ3v) is 5.36. The first-order chi connectivity index (χ1) is 13.4. The monoisotopic (exact) mass is 453 g/mol. The van der Waals surface area contributed by atoms with Crippen molar-refractivity contribution in [1.82, 2.24) is 9.55 Å². The van der Waals surface area contributed by atoms with Crippen LogP contribution in [-0.4, -0.2) is 20.6 Å². The molecule has 3 rings (SSSR count). The smallest absolute Gasteiger partial charge is 0.267 e. The van der Waals surface area contributed by atoms with Crippen LogP contribution in [0.25, 0.3) is 5.57 Å². The number of thiazole rings is 1. The Morgan fingerprint density at radius 2 is 2.00 bits per heavy atom. The summed E-state index contributed by atoms with van der Waals surface area (Å²) in [6.07, 6.45) is 3.98. The van der Waals surface area contributed by atoms with Gasteiger partial charge in [-0.15, -0.1) is 11.3 Å². The molecule has 0 saturated heterocycles. The number of allylic oxidation sites excluding steroid dienone is 1. The Morgan fingerprint density at radius 1 is 1.29 bits per heavy atom. The van der Waals surface area contributed by atoms with Crippen molar-refractivity contribution in [3.05, 3.63) is 85.0 Å². The van der Waals surface area contributed by atoms with Gasteiger partial charge in [0.05, 0.1) is 18.4 Å². The molecule has 0 bridgehead atoms. The van der Waals surface area contributed by atoms with E-state index in [2.05, 4.69) is 9.98 Å². The molecule has 0 saturated carbocycles. The van der Waals surface area contributed by atoms with E-state index in [1.807, 2.05) is 13.0 Å². The summed E-state index contributed by atoms with van der Waals surface area (Å²) >= 11 is 19.2. The summed E-state index contributed by atoms with van der Waals surface area (Å²) < 4.78 is 1.80. The molecule has 0 aliphatic heterocycles. The largest absolute Gasteiger partial charge is 0.515 e. The minimum absolute atomic E-state index is 0.0392. The van der Waals surface area contributed by atoms with Crippen LogP contribution in [0.4, 0.5) is 0 Å². The molecule has 0 spiro atoms. The molecular weight excluding hydrogens is 441 g/mol. The highest BCUT2D eigenvalue weighted by Gasteiger charge is 2.17. The Kier molecular flexibility index (Phi) is 6.57. The molecule has 0 fully saturated rings. The number of aliphatic hydroxyl groups excluding tert-OH is 1. The average molecular weight is 455 g/mol. The molecule has 144 valence electrons. The van der Waals surface area contributed by atoms with Crippen molar-refractivity contribution >= 4 is 57.6 Å². The second kappa shape index (κ2) is 8.92. The first-order valence-corrected chi connectivity index (χ1v) is 9.98. The molecule has 5 nitrogen and oxygen atoms in total. The molecule has 0 unspecified atom stereocenters. The summed E-state index contributed by atoms with van der Waals surface area (Å²) in [7, 11) is 0. The molecule has 0 aliphatic rings. The summed E-state index contributed by atoms with van der Waals surface area (Å²) in [6.45, 7) is 2.17. The number of hydrogen-bond donors (Lipinski definition) is 1. The van der Waals surface area contributed by atoms with Crippen LogP contribution >= 0.6 is 46.1 Å². The summed E-state index contributed by atoms with van der Waals surface area (Å²) in [5.41, 5.74) is 1.70. The fourth-order valence-electron chi connectivity index (χ4n) is 2.58. The lowest BCUT2D eigenvalue weighted by Gasteiger charge is -2.11. The van der Waals surface area contributed by atoms with Gasteiger partial charge < -0.3 is 5.11 Å². The van der Waals surface area contributed by atoms with Gasteiger partial charge in [0, 0.05) is 27.3 Å². The fourth-order valence-corrected chi connectivity index (χ4v) is 4.00. The molecule has 2 heterocycles. The van der Waals surface area contributed by atoms with Gasteiger partial charge in [-0.1, -0.05) is 40.9 Å². The van der Waals surface area contributed by atoms with Crippen molar-refractivity contribution in [2.45, 2.75) is 13.5 Å². The summed E-state index contributed by atoms with van der Waals surface area (Å²) in [5, 5.41) is 10.4. The van der Waals surface area contributed by atoms with Gasteiger partial charge in [0.15, 0.2) is 4.47 Å². The maximum Gasteiger partial charge on any atom is 0.267 e. The van der Waals surface area contributed by atoms with Gasteiger partial charge in [0.2, 0.25) is 0 Å². The van der Waals surface area contributed by atoms with Crippen molar-refractivity contribution in [1.29, 1.82) is 0 Å². The Labute approximate surface area is 180 Å². The molecule has 1 N–H and O–H groups in total. The number of aromatic nitrogens is 2. The highest BCUT2D eigenvalue weighted by Crippen LogP contribution is 2.25. The van der Waals surface area contributed by atoms with Gasteiger partial charge >= 0.3 is 0 Å². The molecule has 3 aromatic rings. The van der Waals surface area contributed by atoms with E-state index in [0.29, 0.717) is 32.1 Å². The Bertz CT molecular complexity index is 1120. The Balaban J connectivity index is 2.05. The number of carbonyl (C=O) groups excluding carboxylic acids is 1. The third-order valence-electron chi connectivity index (χ3n) is 3.82. The van der Waals surface area contributed by atoms with E-state index < -0.39 is 5.91 Å². The van der Waals surface area contributed by atoms with E-state index in [1.54, 1.807) is 36.7 Å². The van der Waals surface area contributed by atoms with Crippen LogP contribution < -0.4 is 5.49 Å². The van der Waals surface area contributed by atoms with E-state index in [4.69, 9.17) is 34.8 Å². The van der Waals surface area contributed by atoms with Crippen LogP contribution in [0.5, 0.6) is 0 Å². The van der Waals surface area contributed by atoms with Crippen molar-refractivity contribution in [3.63, 3.8) is 0 Å². The van der Waals surface area contributed by atoms with Crippen molar-refractivity contribution in [3.8, 4) is 0 Å². The quantitative estimate of drug-likeness (QED) is 0.415. The van der Waals surface area contributed by atoms with Gasteiger partial charge in [0.1, 0.15) is 5.49 Å². The van der Waals surface area contributed by atoms with Gasteiger partial charge in [-0.3, -0.25) is 14.4 Å².